The summed E-state index contributed by atoms with van der Waals surface area (Å²) in [5.41, 5.74) is 1.14. The smallest absolute Gasteiger partial charge is 0.338 e. The van der Waals surface area contributed by atoms with Crippen molar-refractivity contribution in [2.45, 2.75) is 49.8 Å². The number of sulfonamides is 1. The molecule has 0 amide bonds. The average molecular weight is 456 g/mol. The first kappa shape index (κ1) is 22.0. The molecular formula is C23H25N3O5S. The fourth-order valence-electron chi connectivity index (χ4n) is 3.94. The largest absolute Gasteiger partial charge is 0.465 e. The van der Waals surface area contributed by atoms with Gasteiger partial charge in [0.05, 0.1) is 23.3 Å². The fourth-order valence-corrected chi connectivity index (χ4v) is 5.33. The number of nitrogens with zero attached hydrogens (tertiary/aromatic N) is 3. The third kappa shape index (κ3) is 4.25. The van der Waals surface area contributed by atoms with Gasteiger partial charge >= 0.3 is 12.0 Å². The summed E-state index contributed by atoms with van der Waals surface area (Å²) in [6.07, 6.45) is 5.24. The number of methoxy groups -OCH3 is 1. The van der Waals surface area contributed by atoms with Crippen LogP contribution in [0, 0.1) is 6.92 Å². The van der Waals surface area contributed by atoms with Gasteiger partial charge in [-0.3, -0.25) is 0 Å². The molecule has 1 aliphatic rings. The molecule has 2 aromatic carbocycles. The molecule has 32 heavy (non-hydrogen) atoms. The molecule has 1 saturated carbocycles. The van der Waals surface area contributed by atoms with Crippen molar-refractivity contribution in [3.8, 4) is 0 Å². The van der Waals surface area contributed by atoms with E-state index in [0.29, 0.717) is 17.1 Å². The minimum absolute atomic E-state index is 0.0789. The highest BCUT2D eigenvalue weighted by molar-refractivity contribution is 7.93. The van der Waals surface area contributed by atoms with Gasteiger partial charge in [-0.15, -0.1) is 5.10 Å². The Kier molecular flexibility index (Phi) is 6.27. The molecule has 3 aromatic rings. The maximum atomic E-state index is 13.7. The Balaban J connectivity index is 1.80. The highest BCUT2D eigenvalue weighted by atomic mass is 32.2. The van der Waals surface area contributed by atoms with E-state index in [9.17, 15) is 13.2 Å². The van der Waals surface area contributed by atoms with Gasteiger partial charge in [0.25, 0.3) is 10.0 Å². The van der Waals surface area contributed by atoms with E-state index in [-0.39, 0.29) is 22.4 Å². The van der Waals surface area contributed by atoms with Gasteiger partial charge in [-0.1, -0.05) is 48.6 Å². The van der Waals surface area contributed by atoms with Gasteiger partial charge in [0.1, 0.15) is 0 Å². The van der Waals surface area contributed by atoms with Gasteiger partial charge in [0, 0.05) is 5.92 Å². The van der Waals surface area contributed by atoms with E-state index in [0.717, 1.165) is 30.0 Å². The van der Waals surface area contributed by atoms with E-state index in [4.69, 9.17) is 9.15 Å². The Bertz CT molecular complexity index is 1200. The van der Waals surface area contributed by atoms with Crippen molar-refractivity contribution in [2.75, 3.05) is 11.4 Å². The van der Waals surface area contributed by atoms with Crippen molar-refractivity contribution in [1.29, 1.82) is 0 Å². The molecule has 8 nitrogen and oxygen atoms in total. The Morgan fingerprint density at radius 1 is 1.06 bits per heavy atom. The van der Waals surface area contributed by atoms with Gasteiger partial charge in [-0.05, 0) is 49.6 Å². The molecule has 168 valence electrons. The first-order chi connectivity index (χ1) is 15.4. The number of hydrogen-bond donors (Lipinski definition) is 0. The molecule has 0 saturated heterocycles. The third-order valence-corrected chi connectivity index (χ3v) is 7.40. The van der Waals surface area contributed by atoms with Gasteiger partial charge < -0.3 is 9.15 Å². The predicted octanol–water partition coefficient (Wildman–Crippen LogP) is 4.74. The number of benzene rings is 2. The molecule has 1 aliphatic carbocycles. The zero-order chi connectivity index (χ0) is 22.7. The maximum absolute atomic E-state index is 13.7. The summed E-state index contributed by atoms with van der Waals surface area (Å²) < 4.78 is 39.2. The normalized spacial score (nSPS) is 14.8. The van der Waals surface area contributed by atoms with Crippen molar-refractivity contribution in [3.05, 3.63) is 65.5 Å². The lowest BCUT2D eigenvalue weighted by Crippen LogP contribution is -2.27. The molecular weight excluding hydrogens is 430 g/mol. The molecule has 1 fully saturated rings. The van der Waals surface area contributed by atoms with E-state index in [1.807, 2.05) is 0 Å². The van der Waals surface area contributed by atoms with Gasteiger partial charge in [-0.2, -0.15) is 4.31 Å². The van der Waals surface area contributed by atoms with Crippen LogP contribution in [0.1, 0.15) is 59.8 Å². The molecule has 4 rings (SSSR count). The van der Waals surface area contributed by atoms with E-state index in [1.54, 1.807) is 43.3 Å². The molecule has 1 heterocycles. The van der Waals surface area contributed by atoms with Crippen molar-refractivity contribution >= 4 is 27.7 Å². The molecule has 0 unspecified atom stereocenters. The lowest BCUT2D eigenvalue weighted by atomic mass is 9.89. The number of ether oxygens (including phenoxy) is 1. The molecule has 1 aromatic heterocycles. The summed E-state index contributed by atoms with van der Waals surface area (Å²) in [5.74, 6) is -0.0196. The van der Waals surface area contributed by atoms with Gasteiger partial charge in [0.15, 0.2) is 0 Å². The topological polar surface area (TPSA) is 103 Å². The molecule has 0 aliphatic heterocycles. The van der Waals surface area contributed by atoms with Crippen LogP contribution >= 0.6 is 0 Å². The molecule has 0 bridgehead atoms. The maximum Gasteiger partial charge on any atom is 0.338 e. The molecule has 0 atom stereocenters. The zero-order valence-corrected chi connectivity index (χ0v) is 18.8. The molecule has 0 radical (unpaired) electrons. The minimum atomic E-state index is -4.18. The fraction of sp³-hybridized carbons (Fsp3) is 0.348. The number of rotatable bonds is 6. The zero-order valence-electron chi connectivity index (χ0n) is 18.0. The monoisotopic (exact) mass is 455 g/mol. The number of anilines is 2. The number of para-hydroxylation sites is 1. The van der Waals surface area contributed by atoms with Crippen LogP contribution in [0.25, 0.3) is 0 Å². The van der Waals surface area contributed by atoms with Crippen LogP contribution in [0.4, 0.5) is 11.7 Å². The lowest BCUT2D eigenvalue weighted by molar-refractivity contribution is 0.0599. The lowest BCUT2D eigenvalue weighted by Gasteiger charge is -2.21. The second-order valence-electron chi connectivity index (χ2n) is 7.83. The summed E-state index contributed by atoms with van der Waals surface area (Å²) in [7, 11) is -2.92. The Labute approximate surface area is 187 Å². The van der Waals surface area contributed by atoms with Crippen LogP contribution in [0.15, 0.2) is 57.8 Å². The van der Waals surface area contributed by atoms with E-state index >= 15 is 0 Å². The summed E-state index contributed by atoms with van der Waals surface area (Å²) in [5, 5.41) is 8.26. The quantitative estimate of drug-likeness (QED) is 0.495. The molecule has 0 spiro atoms. The van der Waals surface area contributed by atoms with Crippen LogP contribution in [0.5, 0.6) is 0 Å². The number of carbonyl (C=O) groups excluding carboxylic acids is 1. The highest BCUT2D eigenvalue weighted by Crippen LogP contribution is 2.36. The summed E-state index contributed by atoms with van der Waals surface area (Å²) in [6, 6.07) is 12.7. The van der Waals surface area contributed by atoms with Crippen molar-refractivity contribution in [2.24, 2.45) is 0 Å². The summed E-state index contributed by atoms with van der Waals surface area (Å²) in [6.45, 7) is 1.71. The second-order valence-corrected chi connectivity index (χ2v) is 9.62. The SMILES string of the molecule is COC(=O)c1cc(S(=O)(=O)N(c2ccccc2)c2nnc(C3CCCCC3)o2)ccc1C. The first-order valence-corrected chi connectivity index (χ1v) is 12.0. The highest BCUT2D eigenvalue weighted by Gasteiger charge is 2.33. The minimum Gasteiger partial charge on any atom is -0.465 e. The molecule has 0 N–H and O–H groups in total. The van der Waals surface area contributed by atoms with Crippen molar-refractivity contribution in [1.82, 2.24) is 10.2 Å². The van der Waals surface area contributed by atoms with Gasteiger partial charge in [0.2, 0.25) is 5.89 Å². The number of hydrogen-bond acceptors (Lipinski definition) is 7. The van der Waals surface area contributed by atoms with Crippen LogP contribution in [-0.2, 0) is 14.8 Å². The van der Waals surface area contributed by atoms with Crippen molar-refractivity contribution < 1.29 is 22.4 Å². The van der Waals surface area contributed by atoms with Crippen LogP contribution in [0.2, 0.25) is 0 Å². The predicted molar refractivity (Wildman–Crippen MR) is 118 cm³/mol. The second kappa shape index (κ2) is 9.12. The summed E-state index contributed by atoms with van der Waals surface area (Å²) >= 11 is 0. The van der Waals surface area contributed by atoms with Crippen LogP contribution < -0.4 is 4.31 Å². The third-order valence-electron chi connectivity index (χ3n) is 5.70. The Morgan fingerprint density at radius 3 is 2.47 bits per heavy atom. The number of aryl methyl sites for hydroxylation is 1. The number of carbonyl (C=O) groups is 1. The van der Waals surface area contributed by atoms with E-state index in [2.05, 4.69) is 10.2 Å². The van der Waals surface area contributed by atoms with E-state index < -0.39 is 16.0 Å². The van der Waals surface area contributed by atoms with Crippen LogP contribution in [0.3, 0.4) is 0 Å². The van der Waals surface area contributed by atoms with Crippen LogP contribution in [-0.4, -0.2) is 31.7 Å². The Hall–Kier alpha value is -3.20. The standard InChI is InChI=1S/C23H25N3O5S/c1-16-13-14-19(15-20(16)22(27)30-2)32(28,29)26(18-11-7-4-8-12-18)23-25-24-21(31-23)17-9-5-3-6-10-17/h4,7-8,11-15,17H,3,5-6,9-10H2,1-2H3. The number of aromatic nitrogens is 2. The van der Waals surface area contributed by atoms with E-state index in [1.165, 1.54) is 25.7 Å². The summed E-state index contributed by atoms with van der Waals surface area (Å²) in [4.78, 5) is 12.1. The number of esters is 1. The average Bonchev–Trinajstić information content (AvgIpc) is 3.29. The molecule has 9 heteroatoms. The van der Waals surface area contributed by atoms with Gasteiger partial charge in [-0.25, -0.2) is 13.2 Å². The van der Waals surface area contributed by atoms with Crippen molar-refractivity contribution in [3.63, 3.8) is 0 Å². The first-order valence-electron chi connectivity index (χ1n) is 10.5. The Morgan fingerprint density at radius 2 is 1.78 bits per heavy atom.